The Kier molecular flexibility index (Phi) is 7.21. The van der Waals surface area contributed by atoms with Gasteiger partial charge in [0.2, 0.25) is 5.95 Å². The highest BCUT2D eigenvalue weighted by Crippen LogP contribution is 2.41. The van der Waals surface area contributed by atoms with Crippen LogP contribution in [-0.2, 0) is 0 Å². The van der Waals surface area contributed by atoms with Crippen LogP contribution in [0, 0.1) is 5.82 Å². The van der Waals surface area contributed by atoms with Gasteiger partial charge in [-0.25, -0.2) is 9.37 Å². The summed E-state index contributed by atoms with van der Waals surface area (Å²) in [4.78, 5) is 13.0. The van der Waals surface area contributed by atoms with Crippen LogP contribution >= 0.6 is 0 Å². The number of aromatic nitrogens is 2. The third-order valence-corrected chi connectivity index (χ3v) is 5.53. The van der Waals surface area contributed by atoms with Crippen LogP contribution in [0.1, 0.15) is 24.3 Å². The molecule has 0 saturated heterocycles. The molecule has 1 fully saturated rings. The van der Waals surface area contributed by atoms with E-state index in [0.717, 1.165) is 11.1 Å². The van der Waals surface area contributed by atoms with Gasteiger partial charge < -0.3 is 21.7 Å². The van der Waals surface area contributed by atoms with Crippen molar-refractivity contribution in [3.63, 3.8) is 0 Å². The van der Waals surface area contributed by atoms with E-state index >= 15 is 0 Å². The molecule has 3 aromatic rings. The summed E-state index contributed by atoms with van der Waals surface area (Å²) in [6.45, 7) is 7.53. The van der Waals surface area contributed by atoms with Crippen LogP contribution in [0.3, 0.4) is 0 Å². The smallest absolute Gasteiger partial charge is 0.229 e. The maximum atomic E-state index is 14.8. The largest absolute Gasteiger partial charge is 0.403 e. The number of nitrogens with zero attached hydrogens (tertiary/aromatic N) is 3. The second-order valence-corrected chi connectivity index (χ2v) is 8.16. The van der Waals surface area contributed by atoms with Crippen LogP contribution in [0.15, 0.2) is 90.5 Å². The molecule has 4 rings (SSSR count). The summed E-state index contributed by atoms with van der Waals surface area (Å²) in [5.74, 6) is 0.951. The van der Waals surface area contributed by atoms with E-state index < -0.39 is 5.82 Å². The standard InChI is InChI=1S/C27H28FN7/c1-4-17(2)32-21-11-12-24(28)25(13-21)34-26-23(20-9-7-19(8-10-20)18-5-6-18)16-31-27(35-26)33-22(14-29)15-30-3/h4,7-16,18,32H,1-2,5-6,29H2,3H3,(H2,31,33,34,35)/b22-14+,30-15?. The molecule has 0 unspecified atom stereocenters. The van der Waals surface area contributed by atoms with E-state index in [4.69, 9.17) is 5.73 Å². The lowest BCUT2D eigenvalue weighted by atomic mass is 10.0. The molecule has 1 aliphatic carbocycles. The molecule has 1 heterocycles. The van der Waals surface area contributed by atoms with Gasteiger partial charge in [0.05, 0.1) is 11.4 Å². The van der Waals surface area contributed by atoms with Gasteiger partial charge in [0.15, 0.2) is 0 Å². The van der Waals surface area contributed by atoms with Gasteiger partial charge in [0.25, 0.3) is 0 Å². The number of hydrogen-bond donors (Lipinski definition) is 4. The molecule has 5 N–H and O–H groups in total. The molecule has 1 saturated carbocycles. The minimum absolute atomic E-state index is 0.247. The van der Waals surface area contributed by atoms with E-state index in [1.165, 1.54) is 30.7 Å². The zero-order valence-electron chi connectivity index (χ0n) is 19.6. The molecular formula is C27H28FN7. The Labute approximate surface area is 204 Å². The Bertz CT molecular complexity index is 1290. The lowest BCUT2D eigenvalue weighted by molar-refractivity contribution is 0.632. The molecule has 0 amide bonds. The summed E-state index contributed by atoms with van der Waals surface area (Å²) in [6.07, 6.45) is 8.67. The van der Waals surface area contributed by atoms with Gasteiger partial charge in [-0.2, -0.15) is 4.98 Å². The predicted molar refractivity (Wildman–Crippen MR) is 142 cm³/mol. The van der Waals surface area contributed by atoms with Gasteiger partial charge in [-0.3, -0.25) is 4.99 Å². The van der Waals surface area contributed by atoms with Gasteiger partial charge in [-0.05, 0) is 54.2 Å². The number of nitrogens with two attached hydrogens (primary N) is 1. The Morgan fingerprint density at radius 1 is 1.17 bits per heavy atom. The Morgan fingerprint density at radius 2 is 1.94 bits per heavy atom. The summed E-state index contributed by atoms with van der Waals surface area (Å²) < 4.78 is 14.8. The summed E-state index contributed by atoms with van der Waals surface area (Å²) in [7, 11) is 1.64. The third kappa shape index (κ3) is 5.92. The van der Waals surface area contributed by atoms with Crippen molar-refractivity contribution in [3.05, 3.63) is 96.9 Å². The van der Waals surface area contributed by atoms with Crippen LogP contribution in [-0.4, -0.2) is 23.2 Å². The number of rotatable bonds is 10. The molecule has 178 valence electrons. The number of anilines is 4. The van der Waals surface area contributed by atoms with Gasteiger partial charge in [0.1, 0.15) is 11.6 Å². The third-order valence-electron chi connectivity index (χ3n) is 5.53. The molecule has 0 bridgehead atoms. The number of halogens is 1. The summed E-state index contributed by atoms with van der Waals surface area (Å²) in [6, 6.07) is 13.0. The van der Waals surface area contributed by atoms with Gasteiger partial charge in [-0.15, -0.1) is 0 Å². The molecule has 1 aliphatic rings. The highest BCUT2D eigenvalue weighted by molar-refractivity contribution is 5.83. The predicted octanol–water partition coefficient (Wildman–Crippen LogP) is 5.93. The van der Waals surface area contributed by atoms with Crippen LogP contribution in [0.25, 0.3) is 11.1 Å². The molecule has 0 aliphatic heterocycles. The Hall–Kier alpha value is -4.46. The van der Waals surface area contributed by atoms with E-state index in [0.29, 0.717) is 28.8 Å². The van der Waals surface area contributed by atoms with E-state index in [1.807, 2.05) is 12.1 Å². The highest BCUT2D eigenvalue weighted by Gasteiger charge is 2.23. The van der Waals surface area contributed by atoms with E-state index in [2.05, 4.69) is 56.2 Å². The number of allylic oxidation sites excluding steroid dienone is 2. The van der Waals surface area contributed by atoms with Gasteiger partial charge in [-0.1, -0.05) is 37.4 Å². The van der Waals surface area contributed by atoms with Crippen LogP contribution < -0.4 is 21.7 Å². The molecule has 0 radical (unpaired) electrons. The van der Waals surface area contributed by atoms with Crippen molar-refractivity contribution in [2.45, 2.75) is 18.8 Å². The molecule has 8 heteroatoms. The summed E-state index contributed by atoms with van der Waals surface area (Å²) in [5, 5.41) is 9.23. The molecular weight excluding hydrogens is 441 g/mol. The average Bonchev–Trinajstić information content (AvgIpc) is 3.72. The van der Waals surface area contributed by atoms with E-state index in [-0.39, 0.29) is 11.6 Å². The van der Waals surface area contributed by atoms with Crippen molar-refractivity contribution in [2.75, 3.05) is 23.0 Å². The van der Waals surface area contributed by atoms with Gasteiger partial charge in [0, 0.05) is 42.6 Å². The Morgan fingerprint density at radius 3 is 2.60 bits per heavy atom. The normalized spacial score (nSPS) is 13.5. The maximum absolute atomic E-state index is 14.8. The second-order valence-electron chi connectivity index (χ2n) is 8.16. The Balaban J connectivity index is 1.71. The first kappa shape index (κ1) is 23.7. The fourth-order valence-corrected chi connectivity index (χ4v) is 3.55. The zero-order valence-corrected chi connectivity index (χ0v) is 19.6. The molecule has 0 atom stereocenters. The number of hydrogen-bond acceptors (Lipinski definition) is 7. The number of benzene rings is 2. The van der Waals surface area contributed by atoms with Crippen molar-refractivity contribution in [3.8, 4) is 11.1 Å². The first-order valence-corrected chi connectivity index (χ1v) is 11.2. The minimum atomic E-state index is -0.427. The van der Waals surface area contributed by atoms with Crippen molar-refractivity contribution in [1.82, 2.24) is 9.97 Å². The number of aliphatic imine (C=N–C) groups is 1. The minimum Gasteiger partial charge on any atom is -0.403 e. The molecule has 7 nitrogen and oxygen atoms in total. The molecule has 35 heavy (non-hydrogen) atoms. The number of nitrogens with one attached hydrogen (secondary N) is 3. The highest BCUT2D eigenvalue weighted by atomic mass is 19.1. The lowest BCUT2D eigenvalue weighted by Gasteiger charge is -2.15. The fraction of sp³-hybridized carbons (Fsp3) is 0.148. The summed E-state index contributed by atoms with van der Waals surface area (Å²) in [5.41, 5.74) is 10.7. The van der Waals surface area contributed by atoms with Crippen LogP contribution in [0.5, 0.6) is 0 Å². The maximum Gasteiger partial charge on any atom is 0.229 e. The van der Waals surface area contributed by atoms with E-state index in [1.54, 1.807) is 37.7 Å². The first-order chi connectivity index (χ1) is 17.0. The van der Waals surface area contributed by atoms with Crippen molar-refractivity contribution < 1.29 is 4.39 Å². The molecule has 1 aromatic heterocycles. The van der Waals surface area contributed by atoms with Crippen LogP contribution in [0.2, 0.25) is 0 Å². The van der Waals surface area contributed by atoms with Crippen molar-refractivity contribution in [1.29, 1.82) is 0 Å². The molecule has 0 spiro atoms. The monoisotopic (exact) mass is 469 g/mol. The van der Waals surface area contributed by atoms with Crippen molar-refractivity contribution in [2.24, 2.45) is 10.7 Å². The lowest BCUT2D eigenvalue weighted by Crippen LogP contribution is -2.09. The average molecular weight is 470 g/mol. The van der Waals surface area contributed by atoms with Crippen LogP contribution in [0.4, 0.5) is 27.5 Å². The topological polar surface area (TPSA) is 100 Å². The summed E-state index contributed by atoms with van der Waals surface area (Å²) >= 11 is 0. The molecule has 2 aromatic carbocycles. The second kappa shape index (κ2) is 10.6. The van der Waals surface area contributed by atoms with E-state index in [9.17, 15) is 4.39 Å². The fourth-order valence-electron chi connectivity index (χ4n) is 3.55. The quantitative estimate of drug-likeness (QED) is 0.217. The zero-order chi connectivity index (χ0) is 24.8. The van der Waals surface area contributed by atoms with Crippen molar-refractivity contribution >= 4 is 29.4 Å². The van der Waals surface area contributed by atoms with Gasteiger partial charge >= 0.3 is 0 Å². The SMILES string of the molecule is C=CC(=C)Nc1ccc(F)c(Nc2nc(N/C(C=NC)=C/N)ncc2-c2ccc(C3CC3)cc2)c1. The first-order valence-electron chi connectivity index (χ1n) is 11.2.